The fourth-order valence-corrected chi connectivity index (χ4v) is 8.58. The van der Waals surface area contributed by atoms with Crippen LogP contribution in [0.4, 0.5) is 22.7 Å². The van der Waals surface area contributed by atoms with E-state index in [-0.39, 0.29) is 12.4 Å². The molecule has 1 aromatic heterocycles. The summed E-state index contributed by atoms with van der Waals surface area (Å²) in [6, 6.07) is 17.1. The van der Waals surface area contributed by atoms with Crippen molar-refractivity contribution < 1.29 is 9.05 Å². The Morgan fingerprint density at radius 3 is 1.68 bits per heavy atom. The highest BCUT2D eigenvalue weighted by molar-refractivity contribution is 6.76. The molecule has 7 nitrogen and oxygen atoms in total. The summed E-state index contributed by atoms with van der Waals surface area (Å²) in [5.74, 6) is 0. The zero-order valence-electron chi connectivity index (χ0n) is 31.2. The molecule has 0 saturated carbocycles. The molecule has 2 aromatic carbocycles. The van der Waals surface area contributed by atoms with Crippen LogP contribution in [0.15, 0.2) is 55.1 Å². The van der Waals surface area contributed by atoms with Gasteiger partial charge in [0.05, 0.1) is 41.3 Å². The van der Waals surface area contributed by atoms with Crippen molar-refractivity contribution in [3.63, 3.8) is 0 Å². The largest absolute Gasteiger partial charge is 0.399 e. The first-order valence-corrected chi connectivity index (χ1v) is 24.9. The molecule has 2 fully saturated rings. The van der Waals surface area contributed by atoms with Crippen LogP contribution in [-0.4, -0.2) is 78.6 Å². The van der Waals surface area contributed by atoms with Crippen LogP contribution in [0.5, 0.6) is 0 Å². The number of rotatable bonds is 10. The summed E-state index contributed by atoms with van der Waals surface area (Å²) in [6.45, 7) is 19.1. The number of anilines is 4. The molecule has 2 aliphatic rings. The highest BCUT2D eigenvalue weighted by atomic mass is 35.5. The molecule has 5 rings (SSSR count). The SMILES string of the molecule is C[N+](C)(C)C1CCN(c2ccc(N)c(CC[Si](C)(C)C)c2)C1.C[n+]1ccn(C2CCN(c3ccc(N)c(CC[Si](C)(C)C)c3)C2)c1.Cl. The Balaban J connectivity index is 0.000000251. The van der Waals surface area contributed by atoms with Crippen LogP contribution in [0, 0.1) is 0 Å². The number of nitrogens with zero attached hydrogens (tertiary/aromatic N) is 5. The zero-order chi connectivity index (χ0) is 33.9. The number of halogens is 1. The van der Waals surface area contributed by atoms with Gasteiger partial charge in [0.25, 0.3) is 0 Å². The number of hydrogen-bond acceptors (Lipinski definition) is 4. The van der Waals surface area contributed by atoms with Crippen molar-refractivity contribution in [3.8, 4) is 0 Å². The Kier molecular flexibility index (Phi) is 13.1. The van der Waals surface area contributed by atoms with E-state index in [0.717, 1.165) is 60.9 Å². The molecule has 4 N–H and O–H groups in total. The number of aryl methyl sites for hydroxylation is 3. The topological polar surface area (TPSA) is 67.3 Å². The van der Waals surface area contributed by atoms with E-state index in [4.69, 9.17) is 11.5 Å². The van der Waals surface area contributed by atoms with Gasteiger partial charge < -0.3 is 25.8 Å². The van der Waals surface area contributed by atoms with Crippen LogP contribution in [0.2, 0.25) is 51.4 Å². The van der Waals surface area contributed by atoms with Gasteiger partial charge in [0.2, 0.25) is 6.33 Å². The first-order chi connectivity index (χ1) is 21.4. The summed E-state index contributed by atoms with van der Waals surface area (Å²) in [7, 11) is 6.93. The average molecular weight is 701 g/mol. The van der Waals surface area contributed by atoms with Crippen LogP contribution >= 0.6 is 12.4 Å². The predicted molar refractivity (Wildman–Crippen MR) is 213 cm³/mol. The lowest BCUT2D eigenvalue weighted by Gasteiger charge is -2.31. The van der Waals surface area contributed by atoms with Gasteiger partial charge in [0, 0.05) is 64.8 Å². The smallest absolute Gasteiger partial charge is 0.243 e. The van der Waals surface area contributed by atoms with Gasteiger partial charge in [-0.1, -0.05) is 51.4 Å². The highest BCUT2D eigenvalue weighted by Gasteiger charge is 2.32. The number of hydrogen-bond donors (Lipinski definition) is 2. The number of quaternary nitrogens is 1. The summed E-state index contributed by atoms with van der Waals surface area (Å²) in [5.41, 5.74) is 19.7. The van der Waals surface area contributed by atoms with Crippen LogP contribution in [-0.2, 0) is 19.9 Å². The average Bonchev–Trinajstić information content (AvgIpc) is 3.72. The molecule has 2 unspecified atom stereocenters. The van der Waals surface area contributed by atoms with Crippen molar-refractivity contribution >= 4 is 51.3 Å². The van der Waals surface area contributed by atoms with Crippen molar-refractivity contribution in [3.05, 3.63) is 66.2 Å². The van der Waals surface area contributed by atoms with E-state index in [0.29, 0.717) is 6.04 Å². The van der Waals surface area contributed by atoms with Crippen molar-refractivity contribution in [2.75, 3.05) is 68.6 Å². The molecule has 2 aliphatic heterocycles. The minimum atomic E-state index is -1.04. The van der Waals surface area contributed by atoms with Gasteiger partial charge in [-0.3, -0.25) is 0 Å². The van der Waals surface area contributed by atoms with E-state index in [1.165, 1.54) is 47.4 Å². The van der Waals surface area contributed by atoms with Crippen molar-refractivity contribution in [2.45, 2.75) is 89.1 Å². The van der Waals surface area contributed by atoms with Gasteiger partial charge in [-0.25, -0.2) is 9.13 Å². The third-order valence-corrected chi connectivity index (χ3v) is 13.4. The second-order valence-electron chi connectivity index (χ2n) is 17.3. The van der Waals surface area contributed by atoms with Crippen molar-refractivity contribution in [1.82, 2.24) is 4.57 Å². The molecule has 0 bridgehead atoms. The summed E-state index contributed by atoms with van der Waals surface area (Å²) >= 11 is 0. The summed E-state index contributed by atoms with van der Waals surface area (Å²) in [5, 5.41) is 0. The lowest BCUT2D eigenvalue weighted by Crippen LogP contribution is -2.46. The minimum Gasteiger partial charge on any atom is -0.399 e. The molecule has 2 atom stereocenters. The van der Waals surface area contributed by atoms with Gasteiger partial charge in [0.1, 0.15) is 24.5 Å². The molecule has 262 valence electrons. The van der Waals surface area contributed by atoms with E-state index >= 15 is 0 Å². The quantitative estimate of drug-likeness (QED) is 0.103. The molecule has 3 heterocycles. The molecular formula is C37H66ClN7Si2+2. The van der Waals surface area contributed by atoms with E-state index in [1.54, 1.807) is 0 Å². The van der Waals surface area contributed by atoms with E-state index in [1.807, 2.05) is 0 Å². The number of imidazole rings is 1. The lowest BCUT2D eigenvalue weighted by molar-refractivity contribution is -0.893. The van der Waals surface area contributed by atoms with Crippen LogP contribution in [0.25, 0.3) is 0 Å². The predicted octanol–water partition coefficient (Wildman–Crippen LogP) is 7.08. The highest BCUT2D eigenvalue weighted by Crippen LogP contribution is 2.31. The summed E-state index contributed by atoms with van der Waals surface area (Å²) < 4.78 is 5.50. The Labute approximate surface area is 295 Å². The monoisotopic (exact) mass is 699 g/mol. The van der Waals surface area contributed by atoms with Crippen LogP contribution in [0.3, 0.4) is 0 Å². The number of benzene rings is 2. The van der Waals surface area contributed by atoms with Gasteiger partial charge >= 0.3 is 0 Å². The Morgan fingerprint density at radius 1 is 0.766 bits per heavy atom. The van der Waals surface area contributed by atoms with Crippen molar-refractivity contribution in [1.29, 1.82) is 0 Å². The standard InChI is InChI=1S/C19H31N4Si.C18H34N3Si.ClH/c1-21-10-11-23(15-21)18-7-9-22(14-18)17-5-6-19(20)16(13-17)8-12-24(2,3)4;1-21(2,3)17-9-11-20(14-17)16-7-8-18(19)15(13-16)10-12-22(4,5)6;/h5-6,10-11,13,15,18H,7-9,12,14,20H2,1-4H3;7-8,13,17H,9-12,14,19H2,1-6H3;1H/q2*+1;. The molecular weight excluding hydrogens is 634 g/mol. The second-order valence-corrected chi connectivity index (χ2v) is 28.5. The van der Waals surface area contributed by atoms with Crippen molar-refractivity contribution in [2.24, 2.45) is 7.05 Å². The fourth-order valence-electron chi connectivity index (χ4n) is 6.54. The van der Waals surface area contributed by atoms with E-state index in [2.05, 4.69) is 142 Å². The number of nitrogens with two attached hydrogens (primary N) is 2. The third kappa shape index (κ3) is 11.6. The van der Waals surface area contributed by atoms with Crippen LogP contribution < -0.4 is 25.8 Å². The first kappa shape index (κ1) is 39.0. The normalized spacial score (nSPS) is 18.6. The zero-order valence-corrected chi connectivity index (χ0v) is 34.0. The fraction of sp³-hybridized carbons (Fsp3) is 0.595. The molecule has 0 aliphatic carbocycles. The van der Waals surface area contributed by atoms with E-state index < -0.39 is 16.1 Å². The maximum absolute atomic E-state index is 6.23. The number of likely N-dealkylation sites (N-methyl/N-ethyl adjacent to an activating group) is 1. The molecule has 3 aromatic rings. The van der Waals surface area contributed by atoms with Crippen LogP contribution in [0.1, 0.15) is 30.0 Å². The minimum absolute atomic E-state index is 0. The maximum Gasteiger partial charge on any atom is 0.243 e. The third-order valence-electron chi connectivity index (χ3n) is 9.91. The molecule has 2 saturated heterocycles. The van der Waals surface area contributed by atoms with Gasteiger partial charge in [-0.05, 0) is 60.4 Å². The maximum atomic E-state index is 6.23. The molecule has 0 spiro atoms. The number of nitrogen functional groups attached to an aromatic ring is 2. The van der Waals surface area contributed by atoms with Gasteiger partial charge in [0.15, 0.2) is 0 Å². The summed E-state index contributed by atoms with van der Waals surface area (Å²) in [4.78, 5) is 5.04. The molecule has 0 radical (unpaired) electrons. The Morgan fingerprint density at radius 2 is 1.26 bits per heavy atom. The Bertz CT molecular complexity index is 1440. The number of aromatic nitrogens is 2. The van der Waals surface area contributed by atoms with E-state index in [9.17, 15) is 0 Å². The second kappa shape index (κ2) is 15.8. The lowest BCUT2D eigenvalue weighted by atomic mass is 10.1. The van der Waals surface area contributed by atoms with Gasteiger partial charge in [-0.15, -0.1) is 12.4 Å². The Hall–Kier alpha value is -2.47. The molecule has 0 amide bonds. The molecule has 10 heteroatoms. The summed E-state index contributed by atoms with van der Waals surface area (Å²) in [6.07, 6.45) is 11.2. The van der Waals surface area contributed by atoms with Gasteiger partial charge in [-0.2, -0.15) is 0 Å². The first-order valence-electron chi connectivity index (χ1n) is 17.5. The molecule has 47 heavy (non-hydrogen) atoms.